The first-order chi connectivity index (χ1) is 6.43. The molecule has 1 aromatic rings. The van der Waals surface area contributed by atoms with Crippen molar-refractivity contribution in [1.82, 2.24) is 0 Å². The minimum Gasteiger partial charge on any atom is -0.508 e. The monoisotopic (exact) mass is 200 g/mol. The highest BCUT2D eigenvalue weighted by Gasteiger charge is 2.21. The number of aliphatic hydroxyl groups excluding tert-OH is 1. The molecule has 4 nitrogen and oxygen atoms in total. The third-order valence-electron chi connectivity index (χ3n) is 1.84. The van der Waals surface area contributed by atoms with E-state index in [2.05, 4.69) is 0 Å². The summed E-state index contributed by atoms with van der Waals surface area (Å²) in [7, 11) is 0. The number of carboxylic acids is 1. The Labute approximate surface area is 79.2 Å². The molecule has 0 radical (unpaired) electrons. The molecule has 5 heteroatoms. The first-order valence-electron chi connectivity index (χ1n) is 3.83. The van der Waals surface area contributed by atoms with Crippen LogP contribution in [0.5, 0.6) is 5.75 Å². The molecule has 14 heavy (non-hydrogen) atoms. The maximum absolute atomic E-state index is 13.1. The molecule has 0 aliphatic rings. The zero-order chi connectivity index (χ0) is 10.9. The molecule has 1 rings (SSSR count). The smallest absolute Gasteiger partial charge is 0.337 e. The first kappa shape index (κ1) is 10.5. The molecular weight excluding hydrogens is 191 g/mol. The van der Waals surface area contributed by atoms with Crippen LogP contribution in [0.3, 0.4) is 0 Å². The van der Waals surface area contributed by atoms with Crippen LogP contribution in [0.4, 0.5) is 4.39 Å². The summed E-state index contributed by atoms with van der Waals surface area (Å²) in [5, 5.41) is 26.6. The van der Waals surface area contributed by atoms with Crippen LogP contribution < -0.4 is 0 Å². The van der Waals surface area contributed by atoms with Gasteiger partial charge in [0, 0.05) is 11.6 Å². The predicted molar refractivity (Wildman–Crippen MR) is 45.4 cm³/mol. The summed E-state index contributed by atoms with van der Waals surface area (Å²) in [6.45, 7) is 1.48. The van der Waals surface area contributed by atoms with Gasteiger partial charge >= 0.3 is 5.97 Å². The van der Waals surface area contributed by atoms with E-state index in [-0.39, 0.29) is 11.3 Å². The van der Waals surface area contributed by atoms with E-state index in [4.69, 9.17) is 15.3 Å². The van der Waals surface area contributed by atoms with Crippen LogP contribution in [0.25, 0.3) is 0 Å². The van der Waals surface area contributed by atoms with Gasteiger partial charge in [0.1, 0.15) is 11.6 Å². The summed E-state index contributed by atoms with van der Waals surface area (Å²) in [6.07, 6.45) is -1.91. The number of hydrogen-bond acceptors (Lipinski definition) is 3. The number of carbonyl (C=O) groups is 1. The molecule has 76 valence electrons. The van der Waals surface area contributed by atoms with Crippen LogP contribution in [0.2, 0.25) is 0 Å². The second kappa shape index (κ2) is 3.63. The summed E-state index contributed by atoms with van der Waals surface area (Å²) < 4.78 is 13.1. The van der Waals surface area contributed by atoms with Crippen LogP contribution >= 0.6 is 0 Å². The van der Waals surface area contributed by atoms with Crippen molar-refractivity contribution in [2.75, 3.05) is 0 Å². The average Bonchev–Trinajstić information content (AvgIpc) is 2.10. The van der Waals surface area contributed by atoms with Crippen molar-refractivity contribution in [3.63, 3.8) is 0 Å². The number of rotatable bonds is 2. The number of phenols is 1. The molecule has 1 unspecified atom stereocenters. The largest absolute Gasteiger partial charge is 0.508 e. The Balaban J connectivity index is 3.22. The molecule has 0 spiro atoms. The van der Waals surface area contributed by atoms with Gasteiger partial charge in [-0.2, -0.15) is 0 Å². The molecule has 0 aliphatic carbocycles. The van der Waals surface area contributed by atoms with Crippen molar-refractivity contribution in [2.24, 2.45) is 0 Å². The summed E-state index contributed by atoms with van der Waals surface area (Å²) in [5.41, 5.74) is -0.0468. The Morgan fingerprint density at radius 3 is 2.57 bits per heavy atom. The molecule has 0 saturated carbocycles. The van der Waals surface area contributed by atoms with Crippen LogP contribution in [-0.4, -0.2) is 21.3 Å². The fraction of sp³-hybridized carbons (Fsp3) is 0.222. The first-order valence-corrected chi connectivity index (χ1v) is 3.83. The van der Waals surface area contributed by atoms with Gasteiger partial charge in [0.2, 0.25) is 0 Å². The zero-order valence-corrected chi connectivity index (χ0v) is 7.36. The molecule has 3 N–H and O–H groups in total. The zero-order valence-electron chi connectivity index (χ0n) is 7.36. The normalized spacial score (nSPS) is 12.5. The number of phenolic OH excluding ortho intramolecular Hbond substituents is 1. The lowest BCUT2D eigenvalue weighted by Crippen LogP contribution is -2.12. The second-order valence-electron chi connectivity index (χ2n) is 2.90. The van der Waals surface area contributed by atoms with E-state index in [1.165, 1.54) is 6.92 Å². The number of carboxylic acid groups (broad SMARTS) is 1. The number of halogens is 1. The molecule has 0 amide bonds. The van der Waals surface area contributed by atoms with Gasteiger partial charge in [-0.1, -0.05) is 0 Å². The van der Waals surface area contributed by atoms with E-state index >= 15 is 0 Å². The number of aliphatic hydroxyl groups is 1. The number of hydrogen-bond donors (Lipinski definition) is 3. The van der Waals surface area contributed by atoms with E-state index in [1.54, 1.807) is 0 Å². The highest BCUT2D eigenvalue weighted by Crippen LogP contribution is 2.25. The van der Waals surface area contributed by atoms with Crippen molar-refractivity contribution in [1.29, 1.82) is 0 Å². The molecule has 0 aromatic heterocycles. The minimum atomic E-state index is -1.91. The lowest BCUT2D eigenvalue weighted by atomic mass is 10.1. The fourth-order valence-corrected chi connectivity index (χ4v) is 1.04. The molecule has 1 aromatic carbocycles. The van der Waals surface area contributed by atoms with Crippen molar-refractivity contribution in [3.05, 3.63) is 29.1 Å². The quantitative estimate of drug-likeness (QED) is 0.664. The van der Waals surface area contributed by atoms with Crippen molar-refractivity contribution in [2.45, 2.75) is 13.0 Å². The van der Waals surface area contributed by atoms with E-state index in [0.29, 0.717) is 5.56 Å². The maximum atomic E-state index is 13.1. The van der Waals surface area contributed by atoms with Crippen LogP contribution in [0.1, 0.15) is 17.2 Å². The summed E-state index contributed by atoms with van der Waals surface area (Å²) in [5.74, 6) is -2.75. The predicted octanol–water partition coefficient (Wildman–Crippen LogP) is 0.958. The second-order valence-corrected chi connectivity index (χ2v) is 2.90. The molecule has 0 fully saturated rings. The molecule has 0 aliphatic heterocycles. The lowest BCUT2D eigenvalue weighted by Gasteiger charge is -2.09. The summed E-state index contributed by atoms with van der Waals surface area (Å²) in [4.78, 5) is 10.4. The van der Waals surface area contributed by atoms with E-state index in [1.807, 2.05) is 0 Å². The topological polar surface area (TPSA) is 77.8 Å². The van der Waals surface area contributed by atoms with Gasteiger partial charge in [0.15, 0.2) is 6.10 Å². The average molecular weight is 200 g/mol. The standard InChI is InChI=1S/C9H9FO4/c1-4-2-5(8(12)9(13)14)6(10)3-7(4)11/h2-3,8,11-12H,1H3,(H,13,14). The van der Waals surface area contributed by atoms with Crippen LogP contribution in [-0.2, 0) is 4.79 Å². The van der Waals surface area contributed by atoms with E-state index in [0.717, 1.165) is 12.1 Å². The van der Waals surface area contributed by atoms with Gasteiger partial charge in [-0.05, 0) is 18.6 Å². The molecule has 0 saturated heterocycles. The Bertz CT molecular complexity index is 375. The van der Waals surface area contributed by atoms with Crippen molar-refractivity contribution < 1.29 is 24.5 Å². The van der Waals surface area contributed by atoms with E-state index < -0.39 is 17.9 Å². The van der Waals surface area contributed by atoms with E-state index in [9.17, 15) is 9.18 Å². The summed E-state index contributed by atoms with van der Waals surface area (Å²) in [6, 6.07) is 1.88. The maximum Gasteiger partial charge on any atom is 0.337 e. The summed E-state index contributed by atoms with van der Waals surface area (Å²) >= 11 is 0. The molecule has 0 heterocycles. The van der Waals surface area contributed by atoms with Gasteiger partial charge in [0.05, 0.1) is 0 Å². The highest BCUT2D eigenvalue weighted by molar-refractivity contribution is 5.74. The lowest BCUT2D eigenvalue weighted by molar-refractivity contribution is -0.147. The Kier molecular flexibility index (Phi) is 2.71. The van der Waals surface area contributed by atoms with Crippen molar-refractivity contribution >= 4 is 5.97 Å². The van der Waals surface area contributed by atoms with Gasteiger partial charge in [-0.25, -0.2) is 9.18 Å². The van der Waals surface area contributed by atoms with Gasteiger partial charge in [0.25, 0.3) is 0 Å². The van der Waals surface area contributed by atoms with Crippen LogP contribution in [0.15, 0.2) is 12.1 Å². The SMILES string of the molecule is Cc1cc(C(O)C(=O)O)c(F)cc1O. The Hall–Kier alpha value is -1.62. The number of aromatic hydroxyl groups is 1. The highest BCUT2D eigenvalue weighted by atomic mass is 19.1. The molecule has 1 atom stereocenters. The Morgan fingerprint density at radius 2 is 2.07 bits per heavy atom. The molecular formula is C9H9FO4. The van der Waals surface area contributed by atoms with Gasteiger partial charge < -0.3 is 15.3 Å². The third kappa shape index (κ3) is 1.82. The third-order valence-corrected chi connectivity index (χ3v) is 1.84. The van der Waals surface area contributed by atoms with Crippen molar-refractivity contribution in [3.8, 4) is 5.75 Å². The number of benzene rings is 1. The fourth-order valence-electron chi connectivity index (χ4n) is 1.04. The van der Waals surface area contributed by atoms with Crippen LogP contribution in [0, 0.1) is 12.7 Å². The molecule has 0 bridgehead atoms. The number of aryl methyl sites for hydroxylation is 1. The Morgan fingerprint density at radius 1 is 1.50 bits per heavy atom. The van der Waals surface area contributed by atoms with Gasteiger partial charge in [-0.15, -0.1) is 0 Å². The van der Waals surface area contributed by atoms with Gasteiger partial charge in [-0.3, -0.25) is 0 Å². The minimum absolute atomic E-state index is 0.274. The number of aliphatic carboxylic acids is 1.